The summed E-state index contributed by atoms with van der Waals surface area (Å²) >= 11 is 0. The van der Waals surface area contributed by atoms with Gasteiger partial charge in [0, 0.05) is 5.69 Å². The molecule has 0 aliphatic rings. The fourth-order valence-electron chi connectivity index (χ4n) is 1.67. The van der Waals surface area contributed by atoms with Crippen LogP contribution in [0, 0.1) is 13.8 Å². The third kappa shape index (κ3) is 2.36. The number of carboxylic acids is 1. The van der Waals surface area contributed by atoms with Gasteiger partial charge in [-0.25, -0.2) is 14.8 Å². The number of carboxylic acid groups (broad SMARTS) is 1. The maximum atomic E-state index is 12.7. The summed E-state index contributed by atoms with van der Waals surface area (Å²) in [6.45, 7) is 3.29. The van der Waals surface area contributed by atoms with Crippen LogP contribution >= 0.6 is 0 Å². The molecule has 2 aromatic heterocycles. The minimum absolute atomic E-state index is 0.301. The summed E-state index contributed by atoms with van der Waals surface area (Å²) in [5.74, 6) is -1.66. The number of rotatable bonds is 2. The van der Waals surface area contributed by atoms with E-state index in [2.05, 4.69) is 9.97 Å². The first kappa shape index (κ1) is 14.0. The molecule has 0 aliphatic carbocycles. The summed E-state index contributed by atoms with van der Waals surface area (Å²) in [6.07, 6.45) is -3.39. The van der Waals surface area contributed by atoms with Crippen LogP contribution in [0.5, 0.6) is 0 Å². The van der Waals surface area contributed by atoms with Gasteiger partial charge in [0.05, 0.1) is 5.69 Å². The minimum atomic E-state index is -4.64. The topological polar surface area (TPSA) is 68.0 Å². The van der Waals surface area contributed by atoms with E-state index in [-0.39, 0.29) is 11.4 Å². The molecule has 0 aromatic carbocycles. The number of imidazole rings is 1. The van der Waals surface area contributed by atoms with Gasteiger partial charge < -0.3 is 5.11 Å². The smallest absolute Gasteiger partial charge is 0.433 e. The molecular formula is C12H10F3N3O2. The standard InChI is InChI=1S/C12H10F3N3O2/c1-6-7(2)18(5-16-6)10-8(11(19)20)3-4-9(17-10)12(13,14)15/h3-5H,1-2H3,(H,19,20). The predicted octanol–water partition coefficient (Wildman–Crippen LogP) is 2.60. The molecule has 5 nitrogen and oxygen atoms in total. The van der Waals surface area contributed by atoms with E-state index in [9.17, 15) is 18.0 Å². The minimum Gasteiger partial charge on any atom is -0.478 e. The largest absolute Gasteiger partial charge is 0.478 e. The maximum Gasteiger partial charge on any atom is 0.433 e. The quantitative estimate of drug-likeness (QED) is 0.921. The second-order valence-electron chi connectivity index (χ2n) is 4.16. The van der Waals surface area contributed by atoms with Gasteiger partial charge in [0.1, 0.15) is 17.6 Å². The van der Waals surface area contributed by atoms with Crippen LogP contribution in [0.25, 0.3) is 5.82 Å². The van der Waals surface area contributed by atoms with Crippen LogP contribution in [0.3, 0.4) is 0 Å². The molecular weight excluding hydrogens is 275 g/mol. The van der Waals surface area contributed by atoms with E-state index in [1.807, 2.05) is 0 Å². The Bertz CT molecular complexity index is 677. The van der Waals surface area contributed by atoms with Gasteiger partial charge in [-0.05, 0) is 26.0 Å². The summed E-state index contributed by atoms with van der Waals surface area (Å²) in [4.78, 5) is 18.5. The van der Waals surface area contributed by atoms with Gasteiger partial charge in [-0.1, -0.05) is 0 Å². The van der Waals surface area contributed by atoms with Gasteiger partial charge in [-0.3, -0.25) is 4.57 Å². The molecule has 0 fully saturated rings. The molecule has 0 atom stereocenters. The van der Waals surface area contributed by atoms with Crippen LogP contribution in [0.2, 0.25) is 0 Å². The van der Waals surface area contributed by atoms with Gasteiger partial charge in [0.2, 0.25) is 0 Å². The molecule has 8 heteroatoms. The number of aromatic carboxylic acids is 1. The van der Waals surface area contributed by atoms with Crippen molar-refractivity contribution in [1.82, 2.24) is 14.5 Å². The fraction of sp³-hybridized carbons (Fsp3) is 0.250. The number of aryl methyl sites for hydroxylation is 1. The van der Waals surface area contributed by atoms with E-state index in [0.717, 1.165) is 6.07 Å². The van der Waals surface area contributed by atoms with E-state index >= 15 is 0 Å². The zero-order valence-electron chi connectivity index (χ0n) is 10.6. The SMILES string of the molecule is Cc1ncn(-c2nc(C(F)(F)F)ccc2C(=O)O)c1C. The lowest BCUT2D eigenvalue weighted by molar-refractivity contribution is -0.141. The summed E-state index contributed by atoms with van der Waals surface area (Å²) in [6, 6.07) is 1.54. The Morgan fingerprint density at radius 1 is 1.30 bits per heavy atom. The second-order valence-corrected chi connectivity index (χ2v) is 4.16. The zero-order chi connectivity index (χ0) is 15.1. The molecule has 0 bridgehead atoms. The van der Waals surface area contributed by atoms with Crippen LogP contribution in [0.4, 0.5) is 13.2 Å². The molecule has 0 radical (unpaired) electrons. The highest BCUT2D eigenvalue weighted by molar-refractivity contribution is 5.91. The molecule has 1 N–H and O–H groups in total. The Balaban J connectivity index is 2.71. The summed E-state index contributed by atoms with van der Waals surface area (Å²) in [7, 11) is 0. The van der Waals surface area contributed by atoms with Crippen LogP contribution in [-0.2, 0) is 6.18 Å². The van der Waals surface area contributed by atoms with Gasteiger partial charge >= 0.3 is 12.1 Å². The highest BCUT2D eigenvalue weighted by Gasteiger charge is 2.34. The number of hydrogen-bond acceptors (Lipinski definition) is 3. The van der Waals surface area contributed by atoms with E-state index in [1.54, 1.807) is 13.8 Å². The lowest BCUT2D eigenvalue weighted by Crippen LogP contribution is -2.14. The monoisotopic (exact) mass is 285 g/mol. The highest BCUT2D eigenvalue weighted by atomic mass is 19.4. The van der Waals surface area contributed by atoms with Gasteiger partial charge in [0.15, 0.2) is 5.82 Å². The van der Waals surface area contributed by atoms with Crippen LogP contribution in [0.1, 0.15) is 27.4 Å². The van der Waals surface area contributed by atoms with Crippen molar-refractivity contribution in [2.45, 2.75) is 20.0 Å². The van der Waals surface area contributed by atoms with E-state index in [4.69, 9.17) is 5.11 Å². The molecule has 20 heavy (non-hydrogen) atoms. The second kappa shape index (κ2) is 4.62. The van der Waals surface area contributed by atoms with Crippen molar-refractivity contribution in [1.29, 1.82) is 0 Å². The molecule has 0 saturated carbocycles. The number of carbonyl (C=O) groups is 1. The van der Waals surface area contributed by atoms with E-state index in [1.165, 1.54) is 10.9 Å². The van der Waals surface area contributed by atoms with Crippen molar-refractivity contribution in [3.05, 3.63) is 41.1 Å². The summed E-state index contributed by atoms with van der Waals surface area (Å²) in [5, 5.41) is 9.06. The fourth-order valence-corrected chi connectivity index (χ4v) is 1.67. The first-order valence-corrected chi connectivity index (χ1v) is 5.54. The predicted molar refractivity (Wildman–Crippen MR) is 62.8 cm³/mol. The van der Waals surface area contributed by atoms with Gasteiger partial charge in [0.25, 0.3) is 0 Å². The Labute approximate surface area is 111 Å². The van der Waals surface area contributed by atoms with E-state index < -0.39 is 17.8 Å². The number of hydrogen-bond donors (Lipinski definition) is 1. The lowest BCUT2D eigenvalue weighted by Gasteiger charge is -2.12. The molecule has 2 heterocycles. The normalized spacial score (nSPS) is 11.7. The molecule has 0 unspecified atom stereocenters. The summed E-state index contributed by atoms with van der Waals surface area (Å²) < 4.78 is 39.3. The molecule has 2 rings (SSSR count). The van der Waals surface area contributed by atoms with Crippen LogP contribution in [-0.4, -0.2) is 25.6 Å². The molecule has 2 aromatic rings. The Kier molecular flexibility index (Phi) is 3.24. The third-order valence-electron chi connectivity index (χ3n) is 2.88. The van der Waals surface area contributed by atoms with Crippen molar-refractivity contribution in [2.75, 3.05) is 0 Å². The highest BCUT2D eigenvalue weighted by Crippen LogP contribution is 2.29. The molecule has 0 spiro atoms. The molecule has 0 amide bonds. The first-order chi connectivity index (χ1) is 9.21. The average Bonchev–Trinajstić information content (AvgIpc) is 2.68. The van der Waals surface area contributed by atoms with E-state index in [0.29, 0.717) is 17.5 Å². The van der Waals surface area contributed by atoms with Crippen molar-refractivity contribution in [3.63, 3.8) is 0 Å². The van der Waals surface area contributed by atoms with Crippen molar-refractivity contribution < 1.29 is 23.1 Å². The van der Waals surface area contributed by atoms with Crippen molar-refractivity contribution in [3.8, 4) is 5.82 Å². The number of nitrogens with zero attached hydrogens (tertiary/aromatic N) is 3. The number of pyridine rings is 1. The van der Waals surface area contributed by atoms with Crippen LogP contribution in [0.15, 0.2) is 18.5 Å². The Morgan fingerprint density at radius 2 is 1.95 bits per heavy atom. The molecule has 0 aliphatic heterocycles. The zero-order valence-corrected chi connectivity index (χ0v) is 10.6. The third-order valence-corrected chi connectivity index (χ3v) is 2.88. The van der Waals surface area contributed by atoms with Crippen LogP contribution < -0.4 is 0 Å². The molecule has 106 valence electrons. The average molecular weight is 285 g/mol. The number of halogens is 3. The van der Waals surface area contributed by atoms with Gasteiger partial charge in [-0.15, -0.1) is 0 Å². The maximum absolute atomic E-state index is 12.7. The van der Waals surface area contributed by atoms with Gasteiger partial charge in [-0.2, -0.15) is 13.2 Å². The van der Waals surface area contributed by atoms with Crippen molar-refractivity contribution in [2.24, 2.45) is 0 Å². The summed E-state index contributed by atoms with van der Waals surface area (Å²) in [5.41, 5.74) is -0.360. The Hall–Kier alpha value is -2.38. The lowest BCUT2D eigenvalue weighted by atomic mass is 10.2. The Morgan fingerprint density at radius 3 is 2.40 bits per heavy atom. The molecule has 0 saturated heterocycles. The van der Waals surface area contributed by atoms with Crippen molar-refractivity contribution >= 4 is 5.97 Å². The number of aromatic nitrogens is 3. The number of alkyl halides is 3. The first-order valence-electron chi connectivity index (χ1n) is 5.54.